The van der Waals surface area contributed by atoms with Crippen LogP contribution < -0.4 is 0 Å². The lowest BCUT2D eigenvalue weighted by atomic mass is 9.82. The lowest BCUT2D eigenvalue weighted by Crippen LogP contribution is -2.21. The third kappa shape index (κ3) is 2.94. The van der Waals surface area contributed by atoms with Crippen LogP contribution in [-0.2, 0) is 24.3 Å². The van der Waals surface area contributed by atoms with Crippen molar-refractivity contribution in [3.63, 3.8) is 0 Å². The highest BCUT2D eigenvalue weighted by Crippen LogP contribution is 2.30. The van der Waals surface area contributed by atoms with Crippen LogP contribution in [0.2, 0.25) is 0 Å². The van der Waals surface area contributed by atoms with Crippen LogP contribution in [0.15, 0.2) is 18.9 Å². The SMILES string of the molecule is Cn1cnc(CCC(C)(C)c2cnc[nH]2)c1C(C)(C)C. The fraction of sp³-hybridized carbons (Fsp3) is 0.625. The Morgan fingerprint density at radius 1 is 1.20 bits per heavy atom. The molecular weight excluding hydrogens is 248 g/mol. The molecule has 4 nitrogen and oxygen atoms in total. The number of aromatic nitrogens is 4. The maximum Gasteiger partial charge on any atom is 0.0949 e. The van der Waals surface area contributed by atoms with Gasteiger partial charge in [0.05, 0.1) is 18.3 Å². The van der Waals surface area contributed by atoms with E-state index in [-0.39, 0.29) is 10.8 Å². The topological polar surface area (TPSA) is 46.5 Å². The molecule has 2 heterocycles. The largest absolute Gasteiger partial charge is 0.348 e. The molecule has 0 bridgehead atoms. The fourth-order valence-electron chi connectivity index (χ4n) is 2.82. The van der Waals surface area contributed by atoms with Crippen LogP contribution >= 0.6 is 0 Å². The van der Waals surface area contributed by atoms with Gasteiger partial charge < -0.3 is 9.55 Å². The monoisotopic (exact) mass is 274 g/mol. The molecular formula is C16H26N4. The minimum atomic E-state index is 0.0865. The van der Waals surface area contributed by atoms with Gasteiger partial charge in [-0.1, -0.05) is 34.6 Å². The van der Waals surface area contributed by atoms with E-state index >= 15 is 0 Å². The number of imidazole rings is 2. The molecule has 0 aromatic carbocycles. The molecule has 0 saturated heterocycles. The predicted molar refractivity (Wildman–Crippen MR) is 81.8 cm³/mol. The van der Waals surface area contributed by atoms with E-state index in [9.17, 15) is 0 Å². The molecule has 0 radical (unpaired) electrons. The fourth-order valence-corrected chi connectivity index (χ4v) is 2.82. The number of hydrogen-bond acceptors (Lipinski definition) is 2. The Morgan fingerprint density at radius 2 is 1.90 bits per heavy atom. The van der Waals surface area contributed by atoms with Gasteiger partial charge in [-0.15, -0.1) is 0 Å². The standard InChI is InChI=1S/C16H26N4/c1-15(2,3)14-12(19-11-20(14)6)7-8-16(4,5)13-9-17-10-18-13/h9-11H,7-8H2,1-6H3,(H,17,18). The third-order valence-electron chi connectivity index (χ3n) is 3.94. The minimum absolute atomic E-state index is 0.0865. The van der Waals surface area contributed by atoms with E-state index in [0.29, 0.717) is 0 Å². The summed E-state index contributed by atoms with van der Waals surface area (Å²) in [5.41, 5.74) is 3.94. The van der Waals surface area contributed by atoms with Gasteiger partial charge in [0.15, 0.2) is 0 Å². The van der Waals surface area contributed by atoms with E-state index < -0.39 is 0 Å². The van der Waals surface area contributed by atoms with E-state index in [1.54, 1.807) is 6.33 Å². The molecule has 20 heavy (non-hydrogen) atoms. The van der Waals surface area contributed by atoms with Crippen molar-refractivity contribution in [2.24, 2.45) is 7.05 Å². The van der Waals surface area contributed by atoms with Crippen LogP contribution in [0.3, 0.4) is 0 Å². The van der Waals surface area contributed by atoms with Crippen LogP contribution in [-0.4, -0.2) is 19.5 Å². The first kappa shape index (κ1) is 14.8. The third-order valence-corrected chi connectivity index (χ3v) is 3.94. The molecule has 2 aromatic rings. The molecule has 4 heteroatoms. The highest BCUT2D eigenvalue weighted by molar-refractivity contribution is 5.22. The van der Waals surface area contributed by atoms with Crippen molar-refractivity contribution in [3.8, 4) is 0 Å². The van der Waals surface area contributed by atoms with Crippen molar-refractivity contribution >= 4 is 0 Å². The van der Waals surface area contributed by atoms with Gasteiger partial charge in [0.2, 0.25) is 0 Å². The van der Waals surface area contributed by atoms with Gasteiger partial charge in [-0.2, -0.15) is 0 Å². The molecule has 1 N–H and O–H groups in total. The zero-order valence-electron chi connectivity index (χ0n) is 13.5. The molecule has 0 unspecified atom stereocenters. The molecule has 2 rings (SSSR count). The van der Waals surface area contributed by atoms with Crippen molar-refractivity contribution < 1.29 is 0 Å². The molecule has 110 valence electrons. The van der Waals surface area contributed by atoms with Gasteiger partial charge in [0, 0.05) is 35.5 Å². The second-order valence-electron chi connectivity index (χ2n) is 7.25. The lowest BCUT2D eigenvalue weighted by Gasteiger charge is -2.25. The second kappa shape index (κ2) is 5.08. The van der Waals surface area contributed by atoms with Crippen molar-refractivity contribution in [1.82, 2.24) is 19.5 Å². The van der Waals surface area contributed by atoms with Crippen LogP contribution in [0.5, 0.6) is 0 Å². The maximum absolute atomic E-state index is 4.60. The first-order chi connectivity index (χ1) is 9.22. The molecule has 0 aliphatic heterocycles. The number of aromatic amines is 1. The summed E-state index contributed by atoms with van der Waals surface area (Å²) in [6, 6.07) is 0. The van der Waals surface area contributed by atoms with Crippen LogP contribution in [0.4, 0.5) is 0 Å². The van der Waals surface area contributed by atoms with Gasteiger partial charge in [-0.3, -0.25) is 0 Å². The number of nitrogens with one attached hydrogen (secondary N) is 1. The van der Waals surface area contributed by atoms with Gasteiger partial charge in [-0.25, -0.2) is 9.97 Å². The number of nitrogens with zero attached hydrogens (tertiary/aromatic N) is 3. The van der Waals surface area contributed by atoms with Crippen molar-refractivity contribution in [2.75, 3.05) is 0 Å². The van der Waals surface area contributed by atoms with Gasteiger partial charge in [0.1, 0.15) is 0 Å². The predicted octanol–water partition coefficient (Wildman–Crippen LogP) is 3.35. The first-order valence-electron chi connectivity index (χ1n) is 7.21. The summed E-state index contributed by atoms with van der Waals surface area (Å²) in [5.74, 6) is 0. The van der Waals surface area contributed by atoms with E-state index in [1.807, 2.05) is 12.5 Å². The Hall–Kier alpha value is -1.58. The molecule has 0 aliphatic rings. The number of aryl methyl sites for hydroxylation is 2. The summed E-state index contributed by atoms with van der Waals surface area (Å²) in [6.45, 7) is 11.2. The second-order valence-corrected chi connectivity index (χ2v) is 7.25. The molecule has 0 aliphatic carbocycles. The Bertz CT molecular complexity index is 556. The zero-order chi connectivity index (χ0) is 15.0. The lowest BCUT2D eigenvalue weighted by molar-refractivity contribution is 0.459. The summed E-state index contributed by atoms with van der Waals surface area (Å²) in [4.78, 5) is 12.0. The van der Waals surface area contributed by atoms with Gasteiger partial charge in [-0.05, 0) is 12.8 Å². The van der Waals surface area contributed by atoms with Gasteiger partial charge in [0.25, 0.3) is 0 Å². The molecule has 0 amide bonds. The van der Waals surface area contributed by atoms with E-state index in [0.717, 1.165) is 12.8 Å². The van der Waals surface area contributed by atoms with Gasteiger partial charge >= 0.3 is 0 Å². The summed E-state index contributed by atoms with van der Waals surface area (Å²) < 4.78 is 2.15. The Kier molecular flexibility index (Phi) is 3.76. The van der Waals surface area contributed by atoms with E-state index in [2.05, 4.69) is 61.2 Å². The summed E-state index contributed by atoms with van der Waals surface area (Å²) in [6.07, 6.45) is 7.63. The number of H-pyrrole nitrogens is 1. The number of hydrogen-bond donors (Lipinski definition) is 1. The highest BCUT2D eigenvalue weighted by atomic mass is 15.0. The number of rotatable bonds is 4. The molecule has 0 spiro atoms. The summed E-state index contributed by atoms with van der Waals surface area (Å²) >= 11 is 0. The van der Waals surface area contributed by atoms with E-state index in [1.165, 1.54) is 17.1 Å². The average Bonchev–Trinajstić information content (AvgIpc) is 2.94. The quantitative estimate of drug-likeness (QED) is 0.929. The Labute approximate surface area is 121 Å². The van der Waals surface area contributed by atoms with Crippen LogP contribution in [0.25, 0.3) is 0 Å². The normalized spacial score (nSPS) is 12.9. The average molecular weight is 274 g/mol. The van der Waals surface area contributed by atoms with E-state index in [4.69, 9.17) is 0 Å². The Morgan fingerprint density at radius 3 is 2.45 bits per heavy atom. The van der Waals surface area contributed by atoms with Crippen molar-refractivity contribution in [3.05, 3.63) is 35.9 Å². The zero-order valence-corrected chi connectivity index (χ0v) is 13.5. The molecule has 0 saturated carbocycles. The molecule has 0 atom stereocenters. The molecule has 2 aromatic heterocycles. The smallest absolute Gasteiger partial charge is 0.0949 e. The first-order valence-corrected chi connectivity index (χ1v) is 7.21. The van der Waals surface area contributed by atoms with Crippen molar-refractivity contribution in [1.29, 1.82) is 0 Å². The maximum atomic E-state index is 4.60. The van der Waals surface area contributed by atoms with Crippen molar-refractivity contribution in [2.45, 2.75) is 58.3 Å². The minimum Gasteiger partial charge on any atom is -0.348 e. The van der Waals surface area contributed by atoms with Crippen LogP contribution in [0, 0.1) is 0 Å². The Balaban J connectivity index is 2.16. The highest BCUT2D eigenvalue weighted by Gasteiger charge is 2.26. The summed E-state index contributed by atoms with van der Waals surface area (Å²) in [5, 5.41) is 0. The van der Waals surface area contributed by atoms with Crippen LogP contribution in [0.1, 0.15) is 58.1 Å². The molecule has 0 fully saturated rings. The summed E-state index contributed by atoms with van der Waals surface area (Å²) in [7, 11) is 2.08.